The normalized spacial score (nSPS) is 21.9. The second-order valence-electron chi connectivity index (χ2n) is 4.13. The van der Waals surface area contributed by atoms with Gasteiger partial charge in [0.1, 0.15) is 18.1 Å². The Kier molecular flexibility index (Phi) is 3.64. The predicted octanol–water partition coefficient (Wildman–Crippen LogP) is 0.741. The highest BCUT2D eigenvalue weighted by Crippen LogP contribution is 2.18. The third-order valence-corrected chi connectivity index (χ3v) is 2.90. The molecule has 1 saturated heterocycles. The fourth-order valence-electron chi connectivity index (χ4n) is 1.87. The summed E-state index contributed by atoms with van der Waals surface area (Å²) in [6.45, 7) is 2.14. The molecule has 0 aromatic heterocycles. The van der Waals surface area contributed by atoms with Gasteiger partial charge in [0, 0.05) is 12.5 Å². The number of phenols is 1. The van der Waals surface area contributed by atoms with Crippen LogP contribution in [0.4, 0.5) is 0 Å². The van der Waals surface area contributed by atoms with Crippen LogP contribution in [0.2, 0.25) is 0 Å². The average molecular weight is 223 g/mol. The van der Waals surface area contributed by atoms with E-state index in [9.17, 15) is 5.11 Å². The Balaban J connectivity index is 1.80. The summed E-state index contributed by atoms with van der Waals surface area (Å²) in [5.74, 6) is 1.17. The molecule has 0 spiro atoms. The summed E-state index contributed by atoms with van der Waals surface area (Å²) in [4.78, 5) is 0. The Morgan fingerprint density at radius 2 is 2.12 bits per heavy atom. The first kappa shape index (κ1) is 11.2. The van der Waals surface area contributed by atoms with Crippen LogP contribution in [0.5, 0.6) is 11.5 Å². The number of aromatic hydroxyl groups is 1. The molecule has 1 heterocycles. The molecule has 88 valence electrons. The Bertz CT molecular complexity index is 320. The van der Waals surface area contributed by atoms with E-state index in [4.69, 9.17) is 9.84 Å². The average Bonchev–Trinajstić information content (AvgIpc) is 2.81. The maximum atomic E-state index is 9.85. The van der Waals surface area contributed by atoms with Crippen molar-refractivity contribution in [2.45, 2.75) is 12.5 Å². The lowest BCUT2D eigenvalue weighted by molar-refractivity contribution is 0.0640. The summed E-state index contributed by atoms with van der Waals surface area (Å²) >= 11 is 0. The lowest BCUT2D eigenvalue weighted by Gasteiger charge is -2.17. The Morgan fingerprint density at radius 3 is 2.75 bits per heavy atom. The van der Waals surface area contributed by atoms with Crippen molar-refractivity contribution in [1.29, 1.82) is 0 Å². The van der Waals surface area contributed by atoms with Crippen LogP contribution in [0.3, 0.4) is 0 Å². The van der Waals surface area contributed by atoms with Crippen LogP contribution in [0.1, 0.15) is 6.42 Å². The van der Waals surface area contributed by atoms with Gasteiger partial charge in [0.15, 0.2) is 0 Å². The van der Waals surface area contributed by atoms with Gasteiger partial charge in [0.05, 0.1) is 6.10 Å². The monoisotopic (exact) mass is 223 g/mol. The maximum Gasteiger partial charge on any atom is 0.119 e. The molecule has 1 aromatic rings. The van der Waals surface area contributed by atoms with Gasteiger partial charge in [-0.25, -0.2) is 0 Å². The fourth-order valence-corrected chi connectivity index (χ4v) is 1.87. The van der Waals surface area contributed by atoms with Gasteiger partial charge in [0.25, 0.3) is 0 Å². The van der Waals surface area contributed by atoms with E-state index in [1.165, 1.54) is 0 Å². The molecule has 0 saturated carbocycles. The van der Waals surface area contributed by atoms with Crippen LogP contribution in [0.15, 0.2) is 24.3 Å². The largest absolute Gasteiger partial charge is 0.508 e. The number of ether oxygens (including phenoxy) is 1. The van der Waals surface area contributed by atoms with Gasteiger partial charge in [0.2, 0.25) is 0 Å². The minimum atomic E-state index is -0.427. The molecule has 4 nitrogen and oxygen atoms in total. The minimum absolute atomic E-state index is 0.216. The molecule has 1 aliphatic heterocycles. The fraction of sp³-hybridized carbons (Fsp3) is 0.500. The summed E-state index contributed by atoms with van der Waals surface area (Å²) in [5.41, 5.74) is 0. The van der Waals surface area contributed by atoms with E-state index in [0.29, 0.717) is 12.4 Å². The number of nitrogens with one attached hydrogen (secondary N) is 1. The van der Waals surface area contributed by atoms with E-state index in [2.05, 4.69) is 5.32 Å². The Morgan fingerprint density at radius 1 is 1.38 bits per heavy atom. The zero-order chi connectivity index (χ0) is 11.4. The smallest absolute Gasteiger partial charge is 0.119 e. The number of aliphatic hydroxyl groups excluding tert-OH is 1. The number of hydrogen-bond acceptors (Lipinski definition) is 4. The third kappa shape index (κ3) is 2.87. The van der Waals surface area contributed by atoms with Gasteiger partial charge in [-0.15, -0.1) is 0 Å². The van der Waals surface area contributed by atoms with Crippen molar-refractivity contribution in [1.82, 2.24) is 5.32 Å². The highest BCUT2D eigenvalue weighted by molar-refractivity contribution is 5.30. The van der Waals surface area contributed by atoms with E-state index in [1.807, 2.05) is 0 Å². The highest BCUT2D eigenvalue weighted by Gasteiger charge is 2.23. The van der Waals surface area contributed by atoms with Crippen molar-refractivity contribution in [3.63, 3.8) is 0 Å². The molecular weight excluding hydrogens is 206 g/mol. The number of rotatable bonds is 4. The van der Waals surface area contributed by atoms with Gasteiger partial charge < -0.3 is 20.3 Å². The van der Waals surface area contributed by atoms with Crippen LogP contribution >= 0.6 is 0 Å². The molecule has 2 unspecified atom stereocenters. The number of benzene rings is 1. The molecule has 0 aliphatic carbocycles. The summed E-state index contributed by atoms with van der Waals surface area (Å²) in [6, 6.07) is 6.52. The Labute approximate surface area is 94.9 Å². The van der Waals surface area contributed by atoms with E-state index in [0.717, 1.165) is 19.5 Å². The molecule has 0 amide bonds. The van der Waals surface area contributed by atoms with Crippen LogP contribution in [-0.2, 0) is 0 Å². The van der Waals surface area contributed by atoms with Gasteiger partial charge >= 0.3 is 0 Å². The summed E-state index contributed by atoms with van der Waals surface area (Å²) in [7, 11) is 0. The molecule has 16 heavy (non-hydrogen) atoms. The van der Waals surface area contributed by atoms with Crippen LogP contribution in [-0.4, -0.2) is 36.0 Å². The van der Waals surface area contributed by atoms with Crippen molar-refractivity contribution in [2.24, 2.45) is 5.92 Å². The van der Waals surface area contributed by atoms with Crippen molar-refractivity contribution in [3.8, 4) is 11.5 Å². The molecular formula is C12H17NO3. The van der Waals surface area contributed by atoms with Gasteiger partial charge in [-0.3, -0.25) is 0 Å². The van der Waals surface area contributed by atoms with E-state index < -0.39 is 6.10 Å². The topological polar surface area (TPSA) is 61.7 Å². The van der Waals surface area contributed by atoms with Gasteiger partial charge in [-0.2, -0.15) is 0 Å². The second kappa shape index (κ2) is 5.18. The standard InChI is InChI=1S/C12H17NO3/c14-10-1-3-11(4-2-10)16-8-12(15)9-5-6-13-7-9/h1-4,9,12-15H,5-8H2. The first-order valence-corrected chi connectivity index (χ1v) is 5.56. The number of hydrogen-bond donors (Lipinski definition) is 3. The summed E-state index contributed by atoms with van der Waals surface area (Å²) < 4.78 is 5.45. The number of phenolic OH excluding ortho intramolecular Hbond substituents is 1. The summed E-state index contributed by atoms with van der Waals surface area (Å²) in [5, 5.41) is 22.2. The molecule has 2 rings (SSSR count). The van der Waals surface area contributed by atoms with Crippen LogP contribution < -0.4 is 10.1 Å². The lowest BCUT2D eigenvalue weighted by atomic mass is 10.0. The van der Waals surface area contributed by atoms with Crippen molar-refractivity contribution in [2.75, 3.05) is 19.7 Å². The minimum Gasteiger partial charge on any atom is -0.508 e. The molecule has 1 aromatic carbocycles. The SMILES string of the molecule is Oc1ccc(OCC(O)C2CCNC2)cc1. The molecule has 3 N–H and O–H groups in total. The van der Waals surface area contributed by atoms with Gasteiger partial charge in [-0.05, 0) is 37.2 Å². The zero-order valence-electron chi connectivity index (χ0n) is 9.10. The van der Waals surface area contributed by atoms with Crippen molar-refractivity contribution in [3.05, 3.63) is 24.3 Å². The number of aliphatic hydroxyl groups is 1. The highest BCUT2D eigenvalue weighted by atomic mass is 16.5. The predicted molar refractivity (Wildman–Crippen MR) is 60.6 cm³/mol. The molecule has 4 heteroatoms. The maximum absolute atomic E-state index is 9.85. The van der Waals surface area contributed by atoms with E-state index >= 15 is 0 Å². The molecule has 1 aliphatic rings. The zero-order valence-corrected chi connectivity index (χ0v) is 9.10. The summed E-state index contributed by atoms with van der Waals surface area (Å²) in [6.07, 6.45) is 0.573. The molecule has 1 fully saturated rings. The van der Waals surface area contributed by atoms with Gasteiger partial charge in [-0.1, -0.05) is 0 Å². The van der Waals surface area contributed by atoms with Crippen LogP contribution in [0, 0.1) is 5.92 Å². The molecule has 0 bridgehead atoms. The lowest BCUT2D eigenvalue weighted by Crippen LogP contribution is -2.28. The van der Waals surface area contributed by atoms with E-state index in [1.54, 1.807) is 24.3 Å². The Hall–Kier alpha value is -1.26. The van der Waals surface area contributed by atoms with Crippen molar-refractivity contribution >= 4 is 0 Å². The molecule has 0 radical (unpaired) electrons. The third-order valence-electron chi connectivity index (χ3n) is 2.90. The van der Waals surface area contributed by atoms with Crippen molar-refractivity contribution < 1.29 is 14.9 Å². The van der Waals surface area contributed by atoms with Crippen LogP contribution in [0.25, 0.3) is 0 Å². The second-order valence-corrected chi connectivity index (χ2v) is 4.13. The first-order chi connectivity index (χ1) is 7.75. The quantitative estimate of drug-likeness (QED) is 0.704. The van der Waals surface area contributed by atoms with E-state index in [-0.39, 0.29) is 11.7 Å². The molecule has 2 atom stereocenters. The first-order valence-electron chi connectivity index (χ1n) is 5.56.